The molecule has 2 aliphatic heterocycles. The predicted octanol–water partition coefficient (Wildman–Crippen LogP) is 2.03. The average Bonchev–Trinajstić information content (AvgIpc) is 3.18. The predicted molar refractivity (Wildman–Crippen MR) is 90.0 cm³/mol. The van der Waals surface area contributed by atoms with E-state index >= 15 is 0 Å². The number of hydrogen-bond acceptors (Lipinski definition) is 7. The van der Waals surface area contributed by atoms with Crippen molar-refractivity contribution in [3.63, 3.8) is 0 Å². The molecule has 2 saturated carbocycles. The summed E-state index contributed by atoms with van der Waals surface area (Å²) in [7, 11) is 1.26. The minimum atomic E-state index is -1.46. The Morgan fingerprint density at radius 2 is 1.93 bits per heavy atom. The summed E-state index contributed by atoms with van der Waals surface area (Å²) in [5.74, 6) is -2.26. The second-order valence-electron chi connectivity index (χ2n) is 8.32. The summed E-state index contributed by atoms with van der Waals surface area (Å²) in [6.07, 6.45) is 5.87. The van der Waals surface area contributed by atoms with E-state index in [0.717, 1.165) is 32.1 Å². The third-order valence-electron chi connectivity index (χ3n) is 7.01. The van der Waals surface area contributed by atoms with Crippen molar-refractivity contribution in [1.29, 1.82) is 0 Å². The molecular formula is C20H24O7. The zero-order valence-corrected chi connectivity index (χ0v) is 15.4. The Kier molecular flexibility index (Phi) is 3.78. The third kappa shape index (κ3) is 2.24. The van der Waals surface area contributed by atoms with Crippen LogP contribution in [0.15, 0.2) is 11.8 Å². The standard InChI is InChI=1S/C20H24O7/c1-24-18(23)20-10-7-12-14(15(20)11(21)5-6-13(20)22)16-17(25-12)27-19(26-16)8-3-2-4-9-19/h7,14-17H,2-6,8-10H2,1H3. The van der Waals surface area contributed by atoms with E-state index in [4.69, 9.17) is 18.9 Å². The summed E-state index contributed by atoms with van der Waals surface area (Å²) in [6.45, 7) is 0. The number of allylic oxidation sites excluding steroid dienone is 1. The Labute approximate surface area is 157 Å². The van der Waals surface area contributed by atoms with Crippen LogP contribution in [0.2, 0.25) is 0 Å². The summed E-state index contributed by atoms with van der Waals surface area (Å²) in [5, 5.41) is 0. The zero-order chi connectivity index (χ0) is 18.8. The fourth-order valence-corrected chi connectivity index (χ4v) is 5.76. The van der Waals surface area contributed by atoms with Crippen LogP contribution in [-0.2, 0) is 33.3 Å². The number of Topliss-reactive ketones (excluding diaryl/α,β-unsaturated/α-hetero) is 2. The van der Waals surface area contributed by atoms with Crippen LogP contribution in [0.3, 0.4) is 0 Å². The molecule has 7 heteroatoms. The normalized spacial score (nSPS) is 42.0. The highest BCUT2D eigenvalue weighted by molar-refractivity contribution is 6.12. The highest BCUT2D eigenvalue weighted by Gasteiger charge is 2.68. The highest BCUT2D eigenvalue weighted by Crippen LogP contribution is 2.58. The van der Waals surface area contributed by atoms with Gasteiger partial charge in [0.05, 0.1) is 18.9 Å². The lowest BCUT2D eigenvalue weighted by atomic mass is 9.55. The van der Waals surface area contributed by atoms with Crippen LogP contribution in [0.1, 0.15) is 51.4 Å². The number of carbonyl (C=O) groups excluding carboxylic acids is 3. The summed E-state index contributed by atoms with van der Waals surface area (Å²) < 4.78 is 23.5. The van der Waals surface area contributed by atoms with Gasteiger partial charge in [0, 0.05) is 25.7 Å². The zero-order valence-electron chi connectivity index (χ0n) is 15.4. The first-order valence-corrected chi connectivity index (χ1v) is 9.87. The number of fused-ring (bicyclic) bond motifs is 5. The van der Waals surface area contributed by atoms with Crippen LogP contribution in [-0.4, -0.2) is 42.8 Å². The van der Waals surface area contributed by atoms with Gasteiger partial charge in [0.1, 0.15) is 23.1 Å². The molecule has 146 valence electrons. The van der Waals surface area contributed by atoms with Gasteiger partial charge in [0.2, 0.25) is 6.29 Å². The van der Waals surface area contributed by atoms with Gasteiger partial charge in [-0.05, 0) is 25.3 Å². The number of esters is 1. The van der Waals surface area contributed by atoms with Crippen LogP contribution in [0.4, 0.5) is 0 Å². The summed E-state index contributed by atoms with van der Waals surface area (Å²) in [5.41, 5.74) is -1.46. The molecule has 27 heavy (non-hydrogen) atoms. The molecule has 2 heterocycles. The number of ketones is 2. The Bertz CT molecular complexity index is 725. The smallest absolute Gasteiger partial charge is 0.320 e. The third-order valence-corrected chi connectivity index (χ3v) is 7.01. The van der Waals surface area contributed by atoms with Gasteiger partial charge in [-0.2, -0.15) is 0 Å². The van der Waals surface area contributed by atoms with E-state index in [1.807, 2.05) is 0 Å². The van der Waals surface area contributed by atoms with Crippen LogP contribution >= 0.6 is 0 Å². The Balaban J connectivity index is 1.54. The largest absolute Gasteiger partial charge is 0.468 e. The monoisotopic (exact) mass is 376 g/mol. The molecule has 0 radical (unpaired) electrons. The topological polar surface area (TPSA) is 88.1 Å². The molecule has 0 aromatic carbocycles. The maximum absolute atomic E-state index is 13.0. The molecule has 5 atom stereocenters. The van der Waals surface area contributed by atoms with Crippen molar-refractivity contribution in [3.05, 3.63) is 11.8 Å². The Morgan fingerprint density at radius 1 is 1.15 bits per heavy atom. The van der Waals surface area contributed by atoms with E-state index in [1.165, 1.54) is 7.11 Å². The molecule has 3 aliphatic carbocycles. The van der Waals surface area contributed by atoms with Gasteiger partial charge < -0.3 is 18.9 Å². The van der Waals surface area contributed by atoms with E-state index in [-0.39, 0.29) is 30.8 Å². The van der Waals surface area contributed by atoms with Gasteiger partial charge in [-0.1, -0.05) is 6.42 Å². The second-order valence-corrected chi connectivity index (χ2v) is 8.32. The first-order valence-electron chi connectivity index (χ1n) is 9.87. The minimum Gasteiger partial charge on any atom is -0.468 e. The van der Waals surface area contributed by atoms with Gasteiger partial charge in [-0.25, -0.2) is 0 Å². The Morgan fingerprint density at radius 3 is 2.67 bits per heavy atom. The SMILES string of the molecule is COC(=O)C12CC=C3OC4OC5(CCCCC5)OC4C3C1C(=O)CCC2=O. The number of ether oxygens (including phenoxy) is 4. The lowest BCUT2D eigenvalue weighted by molar-refractivity contribution is -0.227. The quantitative estimate of drug-likeness (QED) is 0.511. The van der Waals surface area contributed by atoms with Crippen molar-refractivity contribution in [3.8, 4) is 0 Å². The number of methoxy groups -OCH3 is 1. The van der Waals surface area contributed by atoms with Gasteiger partial charge in [0.15, 0.2) is 11.6 Å². The van der Waals surface area contributed by atoms with Crippen molar-refractivity contribution < 1.29 is 33.3 Å². The summed E-state index contributed by atoms with van der Waals surface area (Å²) in [6, 6.07) is 0. The molecule has 2 saturated heterocycles. The maximum Gasteiger partial charge on any atom is 0.320 e. The molecule has 5 aliphatic rings. The molecule has 0 bridgehead atoms. The molecule has 0 amide bonds. The Hall–Kier alpha value is -1.73. The van der Waals surface area contributed by atoms with Crippen molar-refractivity contribution in [2.24, 2.45) is 17.3 Å². The summed E-state index contributed by atoms with van der Waals surface area (Å²) >= 11 is 0. The molecule has 0 aromatic rings. The van der Waals surface area contributed by atoms with Gasteiger partial charge in [-0.15, -0.1) is 0 Å². The molecule has 0 aromatic heterocycles. The fraction of sp³-hybridized carbons (Fsp3) is 0.750. The highest BCUT2D eigenvalue weighted by atomic mass is 16.8. The van der Waals surface area contributed by atoms with E-state index in [0.29, 0.717) is 5.76 Å². The molecule has 7 nitrogen and oxygen atoms in total. The van der Waals surface area contributed by atoms with E-state index in [9.17, 15) is 14.4 Å². The first-order chi connectivity index (χ1) is 13.0. The molecule has 5 rings (SSSR count). The fourth-order valence-electron chi connectivity index (χ4n) is 5.76. The summed E-state index contributed by atoms with van der Waals surface area (Å²) in [4.78, 5) is 38.6. The molecular weight excluding hydrogens is 352 g/mol. The van der Waals surface area contributed by atoms with Crippen molar-refractivity contribution >= 4 is 17.5 Å². The molecule has 0 N–H and O–H groups in total. The van der Waals surface area contributed by atoms with Gasteiger partial charge >= 0.3 is 5.97 Å². The van der Waals surface area contributed by atoms with Crippen molar-refractivity contribution in [1.82, 2.24) is 0 Å². The van der Waals surface area contributed by atoms with Crippen LogP contribution in [0.5, 0.6) is 0 Å². The van der Waals surface area contributed by atoms with Crippen molar-refractivity contribution in [2.75, 3.05) is 7.11 Å². The number of hydrogen-bond donors (Lipinski definition) is 0. The van der Waals surface area contributed by atoms with E-state index in [1.54, 1.807) is 6.08 Å². The lowest BCUT2D eigenvalue weighted by Crippen LogP contribution is -2.58. The molecule has 5 unspecified atom stereocenters. The maximum atomic E-state index is 13.0. The van der Waals surface area contributed by atoms with E-state index in [2.05, 4.69) is 0 Å². The number of rotatable bonds is 1. The number of carbonyl (C=O) groups is 3. The minimum absolute atomic E-state index is 0.0799. The van der Waals surface area contributed by atoms with Crippen LogP contribution in [0.25, 0.3) is 0 Å². The second kappa shape index (κ2) is 5.88. The molecule has 1 spiro atoms. The van der Waals surface area contributed by atoms with E-state index < -0.39 is 41.4 Å². The van der Waals surface area contributed by atoms with Gasteiger partial charge in [-0.3, -0.25) is 14.4 Å². The lowest BCUT2D eigenvalue weighted by Gasteiger charge is -2.45. The average molecular weight is 376 g/mol. The van der Waals surface area contributed by atoms with Crippen molar-refractivity contribution in [2.45, 2.75) is 69.5 Å². The van der Waals surface area contributed by atoms with Gasteiger partial charge in [0.25, 0.3) is 0 Å². The molecule has 4 fully saturated rings. The van der Waals surface area contributed by atoms with Crippen LogP contribution in [0, 0.1) is 17.3 Å². The van der Waals surface area contributed by atoms with Crippen LogP contribution < -0.4 is 0 Å². The first kappa shape index (κ1) is 17.4.